The van der Waals surface area contributed by atoms with E-state index < -0.39 is 4.92 Å². The van der Waals surface area contributed by atoms with Crippen molar-refractivity contribution in [2.24, 2.45) is 0 Å². The van der Waals surface area contributed by atoms with E-state index in [1.165, 1.54) is 12.1 Å². The Kier molecular flexibility index (Phi) is 6.31. The molecule has 3 rings (SSSR count). The van der Waals surface area contributed by atoms with Crippen LogP contribution in [-0.4, -0.2) is 36.4 Å². The summed E-state index contributed by atoms with van der Waals surface area (Å²) in [4.78, 5) is 11.5. The molecule has 158 valence electrons. The predicted octanol–water partition coefficient (Wildman–Crippen LogP) is 2.75. The molecule has 3 aromatic rings. The lowest BCUT2D eigenvalue weighted by Gasteiger charge is -2.21. The number of benzene rings is 2. The van der Waals surface area contributed by atoms with Crippen LogP contribution in [0, 0.1) is 17.0 Å². The third-order valence-electron chi connectivity index (χ3n) is 5.19. The maximum Gasteiger partial charge on any atom is 0.274 e. The average molecular weight is 413 g/mol. The van der Waals surface area contributed by atoms with Crippen LogP contribution in [0.4, 0.5) is 5.69 Å². The average Bonchev–Trinajstić information content (AvgIpc) is 3.24. The first-order valence-electron chi connectivity index (χ1n) is 9.46. The minimum atomic E-state index is -0.445. The van der Waals surface area contributed by atoms with E-state index in [0.717, 1.165) is 22.6 Å². The summed E-state index contributed by atoms with van der Waals surface area (Å²) in [6.07, 6.45) is 0. The van der Waals surface area contributed by atoms with Gasteiger partial charge in [-0.25, -0.2) is 0 Å². The van der Waals surface area contributed by atoms with Gasteiger partial charge in [-0.15, -0.1) is 10.2 Å². The van der Waals surface area contributed by atoms with E-state index in [2.05, 4.69) is 17.2 Å². The standard InChI is InChI=1S/C21H24N4O5/c1-13-10-18(28-4)19(29-5)11-16(13)12-24(3)14(2)20-22-23-21(30-20)15-6-8-17(9-7-15)25(26)27/h6-11,14H,12H2,1-5H3/p+1/t14-/m0/s1. The van der Waals surface area contributed by atoms with E-state index in [-0.39, 0.29) is 11.7 Å². The fourth-order valence-electron chi connectivity index (χ4n) is 3.13. The number of aryl methyl sites for hydroxylation is 1. The minimum Gasteiger partial charge on any atom is -0.493 e. The number of nitrogens with zero attached hydrogens (tertiary/aromatic N) is 3. The van der Waals surface area contributed by atoms with Crippen molar-refractivity contribution in [3.63, 3.8) is 0 Å². The first kappa shape index (κ1) is 21.3. The summed E-state index contributed by atoms with van der Waals surface area (Å²) in [7, 11) is 5.29. The second-order valence-electron chi connectivity index (χ2n) is 7.13. The molecule has 0 aliphatic carbocycles. The quantitative estimate of drug-likeness (QED) is 0.447. The van der Waals surface area contributed by atoms with Crippen molar-refractivity contribution >= 4 is 5.69 Å². The smallest absolute Gasteiger partial charge is 0.274 e. The van der Waals surface area contributed by atoms with Crippen LogP contribution in [0.25, 0.3) is 11.5 Å². The van der Waals surface area contributed by atoms with Gasteiger partial charge in [0, 0.05) is 23.3 Å². The third kappa shape index (κ3) is 4.41. The molecule has 1 N–H and O–H groups in total. The van der Waals surface area contributed by atoms with E-state index in [1.807, 2.05) is 26.0 Å². The Morgan fingerprint density at radius 1 is 1.13 bits per heavy atom. The van der Waals surface area contributed by atoms with Crippen LogP contribution in [0.1, 0.15) is 30.0 Å². The van der Waals surface area contributed by atoms with Gasteiger partial charge in [-0.05, 0) is 43.7 Å². The first-order valence-corrected chi connectivity index (χ1v) is 9.46. The fraction of sp³-hybridized carbons (Fsp3) is 0.333. The van der Waals surface area contributed by atoms with Gasteiger partial charge in [0.2, 0.25) is 5.89 Å². The molecular weight excluding hydrogens is 388 g/mol. The Balaban J connectivity index is 1.76. The van der Waals surface area contributed by atoms with Crippen LogP contribution in [0.5, 0.6) is 11.5 Å². The van der Waals surface area contributed by atoms with Gasteiger partial charge >= 0.3 is 0 Å². The van der Waals surface area contributed by atoms with Gasteiger partial charge in [-0.1, -0.05) is 0 Å². The molecule has 0 aliphatic rings. The molecule has 2 atom stereocenters. The van der Waals surface area contributed by atoms with Gasteiger partial charge < -0.3 is 18.8 Å². The number of quaternary nitrogens is 1. The molecular formula is C21H25N4O5+. The van der Waals surface area contributed by atoms with Gasteiger partial charge in [-0.2, -0.15) is 0 Å². The van der Waals surface area contributed by atoms with Gasteiger partial charge in [0.05, 0.1) is 26.2 Å². The number of nitrogens with one attached hydrogen (secondary N) is 1. The molecule has 0 spiro atoms. The second kappa shape index (κ2) is 8.91. The summed E-state index contributed by atoms with van der Waals surface area (Å²) in [5.74, 6) is 2.23. The lowest BCUT2D eigenvalue weighted by atomic mass is 10.1. The highest BCUT2D eigenvalue weighted by molar-refractivity contribution is 5.55. The third-order valence-corrected chi connectivity index (χ3v) is 5.19. The molecule has 1 aromatic heterocycles. The molecule has 1 heterocycles. The number of nitro groups is 1. The summed E-state index contributed by atoms with van der Waals surface area (Å²) in [6, 6.07) is 9.93. The van der Waals surface area contributed by atoms with Crippen LogP contribution in [-0.2, 0) is 6.54 Å². The maximum absolute atomic E-state index is 10.8. The van der Waals surface area contributed by atoms with Gasteiger partial charge in [0.25, 0.3) is 11.6 Å². The molecule has 9 heteroatoms. The number of hydrogen-bond donors (Lipinski definition) is 1. The molecule has 0 saturated carbocycles. The van der Waals surface area contributed by atoms with E-state index in [0.29, 0.717) is 28.8 Å². The Morgan fingerprint density at radius 3 is 2.37 bits per heavy atom. The number of ether oxygens (including phenoxy) is 2. The van der Waals surface area contributed by atoms with Crippen LogP contribution in [0.3, 0.4) is 0 Å². The Bertz CT molecular complexity index is 1030. The lowest BCUT2D eigenvalue weighted by molar-refractivity contribution is -0.925. The van der Waals surface area contributed by atoms with Crippen molar-refractivity contribution in [3.05, 3.63) is 63.5 Å². The van der Waals surface area contributed by atoms with Crippen molar-refractivity contribution < 1.29 is 23.7 Å². The summed E-state index contributed by atoms with van der Waals surface area (Å²) in [5, 5.41) is 19.1. The SMILES string of the molecule is COc1cc(C)c(C[NH+](C)[C@@H](C)c2nnc(-c3ccc([N+](=O)[O-])cc3)o2)cc1OC. The molecule has 0 saturated heterocycles. The lowest BCUT2D eigenvalue weighted by Crippen LogP contribution is -3.07. The molecule has 9 nitrogen and oxygen atoms in total. The summed E-state index contributed by atoms with van der Waals surface area (Å²) in [5.41, 5.74) is 2.89. The van der Waals surface area contributed by atoms with Crippen molar-refractivity contribution in [1.82, 2.24) is 10.2 Å². The maximum atomic E-state index is 10.8. The zero-order valence-electron chi connectivity index (χ0n) is 17.6. The highest BCUT2D eigenvalue weighted by Gasteiger charge is 2.24. The van der Waals surface area contributed by atoms with Crippen molar-refractivity contribution in [2.75, 3.05) is 21.3 Å². The summed E-state index contributed by atoms with van der Waals surface area (Å²) in [6.45, 7) is 4.77. The van der Waals surface area contributed by atoms with Gasteiger partial charge in [-0.3, -0.25) is 10.1 Å². The number of methoxy groups -OCH3 is 2. The first-order chi connectivity index (χ1) is 14.3. The normalized spacial score (nSPS) is 13.0. The predicted molar refractivity (Wildman–Crippen MR) is 110 cm³/mol. The van der Waals surface area contributed by atoms with Crippen LogP contribution < -0.4 is 14.4 Å². The molecule has 0 radical (unpaired) electrons. The van der Waals surface area contributed by atoms with E-state index in [4.69, 9.17) is 13.9 Å². The van der Waals surface area contributed by atoms with Crippen molar-refractivity contribution in [3.8, 4) is 23.0 Å². The molecule has 30 heavy (non-hydrogen) atoms. The topological polar surface area (TPSA) is 105 Å². The van der Waals surface area contributed by atoms with Gasteiger partial charge in [0.15, 0.2) is 17.5 Å². The number of non-ortho nitro benzene ring substituents is 1. The zero-order chi connectivity index (χ0) is 21.8. The number of hydrogen-bond acceptors (Lipinski definition) is 7. The number of nitro benzene ring substituents is 1. The van der Waals surface area contributed by atoms with Crippen LogP contribution in [0.15, 0.2) is 40.8 Å². The molecule has 0 fully saturated rings. The molecule has 1 unspecified atom stereocenters. The van der Waals surface area contributed by atoms with Crippen LogP contribution >= 0.6 is 0 Å². The Morgan fingerprint density at radius 2 is 1.77 bits per heavy atom. The van der Waals surface area contributed by atoms with Crippen molar-refractivity contribution in [1.29, 1.82) is 0 Å². The van der Waals surface area contributed by atoms with Crippen LogP contribution in [0.2, 0.25) is 0 Å². The minimum absolute atomic E-state index is 0.0151. The monoisotopic (exact) mass is 413 g/mol. The summed E-state index contributed by atoms with van der Waals surface area (Å²) >= 11 is 0. The number of aromatic nitrogens is 2. The van der Waals surface area contributed by atoms with E-state index in [1.54, 1.807) is 26.4 Å². The highest BCUT2D eigenvalue weighted by Crippen LogP contribution is 2.30. The largest absolute Gasteiger partial charge is 0.493 e. The molecule has 0 amide bonds. The second-order valence-corrected chi connectivity index (χ2v) is 7.13. The fourth-order valence-corrected chi connectivity index (χ4v) is 3.13. The Labute approximate surface area is 174 Å². The summed E-state index contributed by atoms with van der Waals surface area (Å²) < 4.78 is 16.6. The molecule has 0 bridgehead atoms. The van der Waals surface area contributed by atoms with E-state index >= 15 is 0 Å². The zero-order valence-corrected chi connectivity index (χ0v) is 17.6. The highest BCUT2D eigenvalue weighted by atomic mass is 16.6. The van der Waals surface area contributed by atoms with Gasteiger partial charge in [0.1, 0.15) is 6.54 Å². The Hall–Kier alpha value is -3.46. The molecule has 2 aromatic carbocycles. The van der Waals surface area contributed by atoms with E-state index in [9.17, 15) is 10.1 Å². The van der Waals surface area contributed by atoms with Crippen molar-refractivity contribution in [2.45, 2.75) is 26.4 Å². The molecule has 0 aliphatic heterocycles. The number of rotatable bonds is 8.